The van der Waals surface area contributed by atoms with E-state index in [1.54, 1.807) is 4.90 Å². The summed E-state index contributed by atoms with van der Waals surface area (Å²) < 4.78 is 5.43. The fourth-order valence-corrected chi connectivity index (χ4v) is 3.78. The minimum absolute atomic E-state index is 0.107. The number of nitrogens with two attached hydrogens (primary N) is 1. The number of nitrogens with zero attached hydrogens (tertiary/aromatic N) is 1. The molecule has 2 N–H and O–H groups in total. The first-order valence-electron chi connectivity index (χ1n) is 8.09. The number of thiophene rings is 1. The van der Waals surface area contributed by atoms with Crippen LogP contribution in [0.4, 0.5) is 4.79 Å². The Bertz CT molecular complexity index is 507. The molecule has 1 fully saturated rings. The van der Waals surface area contributed by atoms with Crippen LogP contribution in [-0.2, 0) is 17.6 Å². The normalized spacial score (nSPS) is 20.2. The van der Waals surface area contributed by atoms with Gasteiger partial charge in [-0.3, -0.25) is 0 Å². The maximum Gasteiger partial charge on any atom is 0.410 e. The van der Waals surface area contributed by atoms with Crippen LogP contribution in [0.1, 0.15) is 43.9 Å². The number of ether oxygens (including phenoxy) is 1. The predicted octanol–water partition coefficient (Wildman–Crippen LogP) is 3.44. The highest BCUT2D eigenvalue weighted by molar-refractivity contribution is 7.11. The highest BCUT2D eigenvalue weighted by Crippen LogP contribution is 2.25. The van der Waals surface area contributed by atoms with Crippen LogP contribution in [0.15, 0.2) is 12.1 Å². The zero-order valence-electron chi connectivity index (χ0n) is 14.1. The summed E-state index contributed by atoms with van der Waals surface area (Å²) in [5.41, 5.74) is 5.94. The number of rotatable bonds is 4. The summed E-state index contributed by atoms with van der Waals surface area (Å²) in [6, 6.07) is 4.48. The van der Waals surface area contributed by atoms with E-state index in [1.807, 2.05) is 32.1 Å². The van der Waals surface area contributed by atoms with Crippen molar-refractivity contribution in [1.82, 2.24) is 4.90 Å². The molecular weight excluding hydrogens is 296 g/mol. The zero-order chi connectivity index (χ0) is 16.3. The van der Waals surface area contributed by atoms with E-state index in [-0.39, 0.29) is 12.1 Å². The molecule has 2 unspecified atom stereocenters. The average Bonchev–Trinajstić information content (AvgIpc) is 3.05. The highest BCUT2D eigenvalue weighted by Gasteiger charge is 2.32. The van der Waals surface area contributed by atoms with Gasteiger partial charge < -0.3 is 15.4 Å². The van der Waals surface area contributed by atoms with Gasteiger partial charge in [0.05, 0.1) is 0 Å². The summed E-state index contributed by atoms with van der Waals surface area (Å²) in [7, 11) is 0. The van der Waals surface area contributed by atoms with Gasteiger partial charge in [-0.05, 0) is 58.1 Å². The molecule has 2 atom stereocenters. The number of aryl methyl sites for hydroxylation is 1. The van der Waals surface area contributed by atoms with Gasteiger partial charge in [0.25, 0.3) is 0 Å². The molecule has 0 saturated carbocycles. The first-order chi connectivity index (χ1) is 10.3. The lowest BCUT2D eigenvalue weighted by Crippen LogP contribution is -2.38. The van der Waals surface area contributed by atoms with Crippen molar-refractivity contribution in [1.29, 1.82) is 0 Å². The van der Waals surface area contributed by atoms with Crippen LogP contribution in [0.3, 0.4) is 0 Å². The number of amides is 1. The van der Waals surface area contributed by atoms with Gasteiger partial charge in [-0.1, -0.05) is 6.92 Å². The highest BCUT2D eigenvalue weighted by atomic mass is 32.1. The molecule has 1 aromatic heterocycles. The lowest BCUT2D eigenvalue weighted by Gasteiger charge is -2.25. The molecule has 4 nitrogen and oxygen atoms in total. The van der Waals surface area contributed by atoms with Gasteiger partial charge in [-0.2, -0.15) is 0 Å². The van der Waals surface area contributed by atoms with Gasteiger partial charge in [0, 0.05) is 28.9 Å². The van der Waals surface area contributed by atoms with E-state index in [0.717, 1.165) is 25.8 Å². The van der Waals surface area contributed by atoms with E-state index in [4.69, 9.17) is 10.5 Å². The maximum atomic E-state index is 12.1. The lowest BCUT2D eigenvalue weighted by molar-refractivity contribution is 0.0286. The van der Waals surface area contributed by atoms with Crippen LogP contribution in [-0.4, -0.2) is 35.7 Å². The van der Waals surface area contributed by atoms with Gasteiger partial charge in [0.15, 0.2) is 0 Å². The summed E-state index contributed by atoms with van der Waals surface area (Å²) in [6.45, 7) is 9.32. The van der Waals surface area contributed by atoms with Crippen LogP contribution >= 0.6 is 11.3 Å². The number of likely N-dealkylation sites (tertiary alicyclic amines) is 1. The predicted molar refractivity (Wildman–Crippen MR) is 91.3 cm³/mol. The molecule has 5 heteroatoms. The van der Waals surface area contributed by atoms with E-state index in [1.165, 1.54) is 9.75 Å². The fourth-order valence-electron chi connectivity index (χ4n) is 2.75. The monoisotopic (exact) mass is 324 g/mol. The topological polar surface area (TPSA) is 55.6 Å². The Hall–Kier alpha value is -1.07. The third-order valence-electron chi connectivity index (χ3n) is 3.98. The fraction of sp³-hybridized carbons (Fsp3) is 0.706. The van der Waals surface area contributed by atoms with Crippen LogP contribution in [0, 0.1) is 5.92 Å². The van der Waals surface area contributed by atoms with Gasteiger partial charge >= 0.3 is 6.09 Å². The van der Waals surface area contributed by atoms with E-state index in [0.29, 0.717) is 12.5 Å². The first kappa shape index (κ1) is 17.3. The van der Waals surface area contributed by atoms with Gasteiger partial charge in [-0.25, -0.2) is 4.79 Å². The molecule has 0 bridgehead atoms. The molecule has 0 aliphatic carbocycles. The van der Waals surface area contributed by atoms with Crippen molar-refractivity contribution in [3.63, 3.8) is 0 Å². The molecule has 0 radical (unpaired) electrons. The summed E-state index contributed by atoms with van der Waals surface area (Å²) in [6.07, 6.45) is 2.73. The molecule has 1 amide bonds. The van der Waals surface area contributed by atoms with Crippen LogP contribution in [0.25, 0.3) is 0 Å². The van der Waals surface area contributed by atoms with Crippen molar-refractivity contribution in [2.75, 3.05) is 13.1 Å². The van der Waals surface area contributed by atoms with Crippen molar-refractivity contribution >= 4 is 17.4 Å². The standard InChI is InChI=1S/C17H28N2O2S/c1-5-13-6-7-14(22-13)10-15(18)12-8-9-19(11-12)16(20)21-17(2,3)4/h6-7,12,15H,5,8-11,18H2,1-4H3. The number of hydrogen-bond donors (Lipinski definition) is 1. The molecule has 1 aliphatic rings. The van der Waals surface area contributed by atoms with Crippen molar-refractivity contribution in [3.05, 3.63) is 21.9 Å². The summed E-state index contributed by atoms with van der Waals surface area (Å²) in [4.78, 5) is 16.6. The maximum absolute atomic E-state index is 12.1. The smallest absolute Gasteiger partial charge is 0.410 e. The molecule has 1 aromatic rings. The van der Waals surface area contributed by atoms with Gasteiger partial charge in [-0.15, -0.1) is 11.3 Å². The van der Waals surface area contributed by atoms with Crippen LogP contribution in [0.5, 0.6) is 0 Å². The third-order valence-corrected chi connectivity index (χ3v) is 5.24. The number of carbonyl (C=O) groups excluding carboxylic acids is 1. The second-order valence-electron chi connectivity index (χ2n) is 7.06. The van der Waals surface area contributed by atoms with E-state index in [9.17, 15) is 4.79 Å². The van der Waals surface area contributed by atoms with Crippen molar-refractivity contribution in [2.24, 2.45) is 11.7 Å². The van der Waals surface area contributed by atoms with Crippen LogP contribution in [0.2, 0.25) is 0 Å². The second-order valence-corrected chi connectivity index (χ2v) is 8.32. The zero-order valence-corrected chi connectivity index (χ0v) is 14.9. The molecule has 2 heterocycles. The Balaban J connectivity index is 1.85. The number of carbonyl (C=O) groups is 1. The van der Waals surface area contributed by atoms with Gasteiger partial charge in [0.2, 0.25) is 0 Å². The Morgan fingerprint density at radius 2 is 2.14 bits per heavy atom. The Kier molecular flexibility index (Phi) is 5.50. The SMILES string of the molecule is CCc1ccc(CC(N)C2CCN(C(=O)OC(C)(C)C)C2)s1. The summed E-state index contributed by atoms with van der Waals surface area (Å²) in [5, 5.41) is 0. The average molecular weight is 324 g/mol. The minimum atomic E-state index is -0.440. The van der Waals surface area contributed by atoms with Crippen LogP contribution < -0.4 is 5.73 Å². The van der Waals surface area contributed by atoms with Crippen molar-refractivity contribution in [3.8, 4) is 0 Å². The third kappa shape index (κ3) is 4.71. The Morgan fingerprint density at radius 1 is 1.45 bits per heavy atom. The molecular formula is C17H28N2O2S. The Labute approximate surface area is 137 Å². The summed E-state index contributed by atoms with van der Waals surface area (Å²) >= 11 is 1.85. The largest absolute Gasteiger partial charge is 0.444 e. The first-order valence-corrected chi connectivity index (χ1v) is 8.91. The second kappa shape index (κ2) is 7.01. The molecule has 2 rings (SSSR count). The van der Waals surface area contributed by atoms with E-state index >= 15 is 0 Å². The molecule has 0 spiro atoms. The molecule has 124 valence electrons. The lowest BCUT2D eigenvalue weighted by atomic mass is 9.96. The quantitative estimate of drug-likeness (QED) is 0.923. The minimum Gasteiger partial charge on any atom is -0.444 e. The Morgan fingerprint density at radius 3 is 2.73 bits per heavy atom. The molecule has 1 saturated heterocycles. The van der Waals surface area contributed by atoms with Crippen molar-refractivity contribution in [2.45, 2.75) is 58.6 Å². The summed E-state index contributed by atoms with van der Waals surface area (Å²) in [5.74, 6) is 0.361. The van der Waals surface area contributed by atoms with Crippen molar-refractivity contribution < 1.29 is 9.53 Å². The van der Waals surface area contributed by atoms with Gasteiger partial charge in [0.1, 0.15) is 5.60 Å². The molecule has 22 heavy (non-hydrogen) atoms. The molecule has 1 aliphatic heterocycles. The molecule has 0 aromatic carbocycles. The van der Waals surface area contributed by atoms with E-state index in [2.05, 4.69) is 19.1 Å². The number of hydrogen-bond acceptors (Lipinski definition) is 4. The van der Waals surface area contributed by atoms with E-state index < -0.39 is 5.60 Å².